The van der Waals surface area contributed by atoms with Gasteiger partial charge in [-0.3, -0.25) is 9.69 Å². The summed E-state index contributed by atoms with van der Waals surface area (Å²) in [6.45, 7) is 3.53. The summed E-state index contributed by atoms with van der Waals surface area (Å²) in [5.41, 5.74) is 5.70. The zero-order valence-corrected chi connectivity index (χ0v) is 10.0. The molecule has 6 heteroatoms. The minimum Gasteiger partial charge on any atom is -0.468 e. The molecule has 0 amide bonds. The SMILES string of the molecule is COC(=O)C(N)CCN1CCn2ccnc2C1. The Morgan fingerprint density at radius 2 is 2.47 bits per heavy atom. The lowest BCUT2D eigenvalue weighted by molar-refractivity contribution is -0.142. The van der Waals surface area contributed by atoms with E-state index in [1.54, 1.807) is 0 Å². The molecule has 1 unspecified atom stereocenters. The van der Waals surface area contributed by atoms with E-state index in [9.17, 15) is 4.79 Å². The third-order valence-electron chi connectivity index (χ3n) is 3.08. The van der Waals surface area contributed by atoms with Crippen LogP contribution in [0, 0.1) is 0 Å². The minimum absolute atomic E-state index is 0.344. The van der Waals surface area contributed by atoms with Crippen LogP contribution >= 0.6 is 0 Å². The molecular weight excluding hydrogens is 220 g/mol. The van der Waals surface area contributed by atoms with Crippen LogP contribution in [-0.4, -0.2) is 46.7 Å². The summed E-state index contributed by atoms with van der Waals surface area (Å²) in [5, 5.41) is 0. The Morgan fingerprint density at radius 1 is 1.65 bits per heavy atom. The van der Waals surface area contributed by atoms with Crippen molar-refractivity contribution in [2.24, 2.45) is 5.73 Å². The van der Waals surface area contributed by atoms with Crippen molar-refractivity contribution in [1.29, 1.82) is 0 Å². The molecule has 1 aliphatic heterocycles. The highest BCUT2D eigenvalue weighted by Gasteiger charge is 2.19. The molecule has 2 rings (SSSR count). The first-order valence-electron chi connectivity index (χ1n) is 5.76. The van der Waals surface area contributed by atoms with Gasteiger partial charge in [0.1, 0.15) is 11.9 Å². The quantitative estimate of drug-likeness (QED) is 0.722. The first-order chi connectivity index (χ1) is 8.20. The van der Waals surface area contributed by atoms with Gasteiger partial charge in [-0.2, -0.15) is 0 Å². The molecule has 1 atom stereocenters. The van der Waals surface area contributed by atoms with Gasteiger partial charge in [-0.1, -0.05) is 0 Å². The van der Waals surface area contributed by atoms with E-state index < -0.39 is 6.04 Å². The fraction of sp³-hybridized carbons (Fsp3) is 0.636. The van der Waals surface area contributed by atoms with Crippen LogP contribution in [0.15, 0.2) is 12.4 Å². The summed E-state index contributed by atoms with van der Waals surface area (Å²) in [6.07, 6.45) is 4.43. The average molecular weight is 238 g/mol. The van der Waals surface area contributed by atoms with Crippen LogP contribution in [-0.2, 0) is 22.6 Å². The molecule has 2 heterocycles. The van der Waals surface area contributed by atoms with Gasteiger partial charge in [-0.15, -0.1) is 0 Å². The Kier molecular flexibility index (Phi) is 3.75. The lowest BCUT2D eigenvalue weighted by Crippen LogP contribution is -2.39. The van der Waals surface area contributed by atoms with Crippen LogP contribution in [0.4, 0.5) is 0 Å². The molecule has 1 aromatic heterocycles. The van der Waals surface area contributed by atoms with Gasteiger partial charge in [0.05, 0.1) is 13.7 Å². The highest BCUT2D eigenvalue weighted by Crippen LogP contribution is 2.10. The van der Waals surface area contributed by atoms with Crippen molar-refractivity contribution in [3.05, 3.63) is 18.2 Å². The van der Waals surface area contributed by atoms with Gasteiger partial charge in [0.15, 0.2) is 0 Å². The van der Waals surface area contributed by atoms with Crippen LogP contribution < -0.4 is 5.73 Å². The van der Waals surface area contributed by atoms with Gasteiger partial charge in [0, 0.05) is 32.0 Å². The van der Waals surface area contributed by atoms with Crippen LogP contribution in [0.1, 0.15) is 12.2 Å². The number of fused-ring (bicyclic) bond motifs is 1. The molecule has 1 aliphatic rings. The number of methoxy groups -OCH3 is 1. The first-order valence-corrected chi connectivity index (χ1v) is 5.76. The van der Waals surface area contributed by atoms with Gasteiger partial charge in [0.25, 0.3) is 0 Å². The highest BCUT2D eigenvalue weighted by molar-refractivity contribution is 5.75. The summed E-state index contributed by atoms with van der Waals surface area (Å²) in [6, 6.07) is -0.526. The van der Waals surface area contributed by atoms with Crippen molar-refractivity contribution in [2.75, 3.05) is 20.2 Å². The van der Waals surface area contributed by atoms with Crippen molar-refractivity contribution in [3.8, 4) is 0 Å². The number of esters is 1. The molecule has 0 spiro atoms. The number of nitrogens with two attached hydrogens (primary N) is 1. The third-order valence-corrected chi connectivity index (χ3v) is 3.08. The van der Waals surface area contributed by atoms with E-state index in [1.165, 1.54) is 7.11 Å². The van der Waals surface area contributed by atoms with Crippen molar-refractivity contribution < 1.29 is 9.53 Å². The molecule has 0 saturated carbocycles. The fourth-order valence-corrected chi connectivity index (χ4v) is 2.01. The Labute approximate surface area is 100 Å². The predicted octanol–water partition coefficient (Wildman–Crippen LogP) is -0.411. The lowest BCUT2D eigenvalue weighted by Gasteiger charge is -2.28. The lowest BCUT2D eigenvalue weighted by atomic mass is 10.2. The van der Waals surface area contributed by atoms with E-state index in [0.717, 1.165) is 32.0 Å². The second-order valence-electron chi connectivity index (χ2n) is 4.23. The fourth-order valence-electron chi connectivity index (χ4n) is 2.01. The number of hydrogen-bond donors (Lipinski definition) is 1. The van der Waals surface area contributed by atoms with Gasteiger partial charge < -0.3 is 15.0 Å². The predicted molar refractivity (Wildman–Crippen MR) is 62.1 cm³/mol. The van der Waals surface area contributed by atoms with Crippen LogP contribution in [0.2, 0.25) is 0 Å². The molecule has 0 radical (unpaired) electrons. The van der Waals surface area contributed by atoms with Crippen LogP contribution in [0.5, 0.6) is 0 Å². The molecule has 6 nitrogen and oxygen atoms in total. The summed E-state index contributed by atoms with van der Waals surface area (Å²) in [4.78, 5) is 17.7. The van der Waals surface area contributed by atoms with Crippen LogP contribution in [0.25, 0.3) is 0 Å². The average Bonchev–Trinajstić information content (AvgIpc) is 2.82. The van der Waals surface area contributed by atoms with E-state index in [4.69, 9.17) is 5.73 Å². The van der Waals surface area contributed by atoms with Gasteiger partial charge >= 0.3 is 5.97 Å². The Bertz CT molecular complexity index is 391. The maximum atomic E-state index is 11.2. The molecule has 0 fully saturated rings. The molecule has 1 aromatic rings. The maximum Gasteiger partial charge on any atom is 0.322 e. The molecule has 2 N–H and O–H groups in total. The monoisotopic (exact) mass is 238 g/mol. The van der Waals surface area contributed by atoms with E-state index in [-0.39, 0.29) is 5.97 Å². The van der Waals surface area contributed by atoms with E-state index in [0.29, 0.717) is 6.42 Å². The number of nitrogens with zero attached hydrogens (tertiary/aromatic N) is 3. The minimum atomic E-state index is -0.526. The van der Waals surface area contributed by atoms with Crippen molar-refractivity contribution in [3.63, 3.8) is 0 Å². The zero-order chi connectivity index (χ0) is 12.3. The zero-order valence-electron chi connectivity index (χ0n) is 10.0. The largest absolute Gasteiger partial charge is 0.468 e. The van der Waals surface area contributed by atoms with Crippen molar-refractivity contribution in [2.45, 2.75) is 25.6 Å². The second kappa shape index (κ2) is 5.29. The number of ether oxygens (including phenoxy) is 1. The molecule has 0 aromatic carbocycles. The topological polar surface area (TPSA) is 73.4 Å². The van der Waals surface area contributed by atoms with Crippen molar-refractivity contribution in [1.82, 2.24) is 14.5 Å². The smallest absolute Gasteiger partial charge is 0.322 e. The number of carbonyl (C=O) groups is 1. The maximum absolute atomic E-state index is 11.2. The van der Waals surface area contributed by atoms with E-state index in [1.807, 2.05) is 12.4 Å². The van der Waals surface area contributed by atoms with E-state index in [2.05, 4.69) is 19.2 Å². The Balaban J connectivity index is 1.80. The number of carbonyl (C=O) groups excluding carboxylic acids is 1. The number of hydrogen-bond acceptors (Lipinski definition) is 5. The summed E-state index contributed by atoms with van der Waals surface area (Å²) in [7, 11) is 1.36. The first kappa shape index (κ1) is 12.1. The standard InChI is InChI=1S/C11H18N4O2/c1-17-11(16)9(12)2-4-14-6-7-15-5-3-13-10(15)8-14/h3,5,9H,2,4,6-8,12H2,1H3. The van der Waals surface area contributed by atoms with Gasteiger partial charge in [-0.05, 0) is 6.42 Å². The van der Waals surface area contributed by atoms with E-state index >= 15 is 0 Å². The third kappa shape index (κ3) is 2.83. The van der Waals surface area contributed by atoms with Crippen molar-refractivity contribution >= 4 is 5.97 Å². The molecule has 0 aliphatic carbocycles. The number of rotatable bonds is 4. The normalized spacial score (nSPS) is 17.5. The molecule has 94 valence electrons. The van der Waals surface area contributed by atoms with Crippen LogP contribution in [0.3, 0.4) is 0 Å². The Morgan fingerprint density at radius 3 is 3.24 bits per heavy atom. The molecular formula is C11H18N4O2. The van der Waals surface area contributed by atoms with Gasteiger partial charge in [0.2, 0.25) is 0 Å². The molecule has 0 bridgehead atoms. The number of aromatic nitrogens is 2. The Hall–Kier alpha value is -1.40. The summed E-state index contributed by atoms with van der Waals surface area (Å²) in [5.74, 6) is 0.728. The number of imidazole rings is 1. The summed E-state index contributed by atoms with van der Waals surface area (Å²) < 4.78 is 6.75. The second-order valence-corrected chi connectivity index (χ2v) is 4.23. The highest BCUT2D eigenvalue weighted by atomic mass is 16.5. The summed E-state index contributed by atoms with van der Waals surface area (Å²) >= 11 is 0. The van der Waals surface area contributed by atoms with Gasteiger partial charge in [-0.25, -0.2) is 4.98 Å². The molecule has 0 saturated heterocycles. The molecule has 17 heavy (non-hydrogen) atoms.